The Morgan fingerprint density at radius 2 is 2.30 bits per heavy atom. The molecule has 0 aliphatic rings. The Hall–Kier alpha value is -2.41. The number of imidazole rings is 1. The molecule has 7 heteroatoms. The molecule has 0 saturated heterocycles. The van der Waals surface area contributed by atoms with Crippen molar-refractivity contribution < 1.29 is 9.90 Å². The standard InChI is InChI=1S/C13H11N3O3S/c1-7-14-5-8(20-7)6-16-11-9(12(17)18)3-2-4-10(11)15-13(16)19/h2-5H,6H2,1H3,(H,15,19)(H,17,18). The zero-order valence-electron chi connectivity index (χ0n) is 10.6. The number of nitrogens with zero attached hydrogens (tertiary/aromatic N) is 2. The Kier molecular flexibility index (Phi) is 2.90. The third kappa shape index (κ3) is 2.01. The molecule has 0 spiro atoms. The molecular formula is C13H11N3O3S. The molecular weight excluding hydrogens is 278 g/mol. The van der Waals surface area contributed by atoms with E-state index in [1.54, 1.807) is 18.3 Å². The van der Waals surface area contributed by atoms with Crippen LogP contribution in [0, 0.1) is 6.92 Å². The van der Waals surface area contributed by atoms with E-state index in [0.717, 1.165) is 9.88 Å². The molecule has 0 atom stereocenters. The molecule has 6 nitrogen and oxygen atoms in total. The number of rotatable bonds is 3. The summed E-state index contributed by atoms with van der Waals surface area (Å²) in [7, 11) is 0. The molecule has 0 saturated carbocycles. The summed E-state index contributed by atoms with van der Waals surface area (Å²) in [5.74, 6) is -1.05. The summed E-state index contributed by atoms with van der Waals surface area (Å²) in [6, 6.07) is 4.80. The number of benzene rings is 1. The highest BCUT2D eigenvalue weighted by atomic mass is 32.1. The second-order valence-corrected chi connectivity index (χ2v) is 5.69. The number of hydrogen-bond donors (Lipinski definition) is 2. The molecule has 20 heavy (non-hydrogen) atoms. The van der Waals surface area contributed by atoms with Crippen molar-refractivity contribution >= 4 is 28.3 Å². The van der Waals surface area contributed by atoms with Crippen LogP contribution in [0.1, 0.15) is 20.2 Å². The van der Waals surface area contributed by atoms with Crippen LogP contribution in [0.2, 0.25) is 0 Å². The van der Waals surface area contributed by atoms with Gasteiger partial charge in [-0.15, -0.1) is 11.3 Å². The maximum Gasteiger partial charge on any atom is 0.337 e. The van der Waals surface area contributed by atoms with E-state index in [0.29, 0.717) is 17.6 Å². The number of aromatic amines is 1. The number of hydrogen-bond acceptors (Lipinski definition) is 4. The van der Waals surface area contributed by atoms with Gasteiger partial charge in [-0.1, -0.05) is 6.07 Å². The molecule has 3 rings (SSSR count). The Bertz CT molecular complexity index is 859. The van der Waals surface area contributed by atoms with Gasteiger partial charge < -0.3 is 10.1 Å². The fourth-order valence-corrected chi connectivity index (χ4v) is 2.96. The Balaban J connectivity index is 2.21. The molecule has 0 fully saturated rings. The molecule has 0 radical (unpaired) electrons. The summed E-state index contributed by atoms with van der Waals surface area (Å²) in [4.78, 5) is 31.0. The highest BCUT2D eigenvalue weighted by Crippen LogP contribution is 2.19. The summed E-state index contributed by atoms with van der Waals surface area (Å²) < 4.78 is 1.44. The zero-order chi connectivity index (χ0) is 14.3. The van der Waals surface area contributed by atoms with Crippen molar-refractivity contribution in [2.45, 2.75) is 13.5 Å². The lowest BCUT2D eigenvalue weighted by Crippen LogP contribution is -2.17. The first-order valence-electron chi connectivity index (χ1n) is 5.92. The average Bonchev–Trinajstić information content (AvgIpc) is 2.94. The van der Waals surface area contributed by atoms with Crippen LogP contribution in [0.15, 0.2) is 29.2 Å². The van der Waals surface area contributed by atoms with Gasteiger partial charge in [0.05, 0.1) is 28.1 Å². The summed E-state index contributed by atoms with van der Waals surface area (Å²) in [6.07, 6.45) is 1.70. The molecule has 0 aliphatic heterocycles. The lowest BCUT2D eigenvalue weighted by Gasteiger charge is -2.03. The molecule has 2 heterocycles. The van der Waals surface area contributed by atoms with E-state index in [2.05, 4.69) is 9.97 Å². The average molecular weight is 289 g/mol. The third-order valence-electron chi connectivity index (χ3n) is 3.01. The van der Waals surface area contributed by atoms with Gasteiger partial charge in [-0.2, -0.15) is 0 Å². The summed E-state index contributed by atoms with van der Waals surface area (Å²) in [5, 5.41) is 10.2. The zero-order valence-corrected chi connectivity index (χ0v) is 11.4. The number of aromatic carboxylic acids is 1. The molecule has 0 amide bonds. The molecule has 0 aliphatic carbocycles. The van der Waals surface area contributed by atoms with Gasteiger partial charge in [0, 0.05) is 11.1 Å². The normalized spacial score (nSPS) is 11.1. The van der Waals surface area contributed by atoms with E-state index in [1.807, 2.05) is 6.92 Å². The second kappa shape index (κ2) is 4.61. The van der Waals surface area contributed by atoms with Crippen LogP contribution in [0.5, 0.6) is 0 Å². The third-order valence-corrected chi connectivity index (χ3v) is 3.90. The van der Waals surface area contributed by atoms with Crippen molar-refractivity contribution in [3.63, 3.8) is 0 Å². The number of fused-ring (bicyclic) bond motifs is 1. The van der Waals surface area contributed by atoms with E-state index in [1.165, 1.54) is 22.0 Å². The Labute approximate surface area is 117 Å². The van der Waals surface area contributed by atoms with Crippen molar-refractivity contribution in [2.24, 2.45) is 0 Å². The minimum atomic E-state index is -1.05. The van der Waals surface area contributed by atoms with Gasteiger partial charge in [-0.05, 0) is 19.1 Å². The highest BCUT2D eigenvalue weighted by molar-refractivity contribution is 7.11. The number of thiazole rings is 1. The summed E-state index contributed by atoms with van der Waals surface area (Å²) in [5.41, 5.74) is 0.731. The predicted molar refractivity (Wildman–Crippen MR) is 75.5 cm³/mol. The fraction of sp³-hybridized carbons (Fsp3) is 0.154. The van der Waals surface area contributed by atoms with E-state index >= 15 is 0 Å². The number of carbonyl (C=O) groups is 1. The summed E-state index contributed by atoms with van der Waals surface area (Å²) >= 11 is 1.49. The van der Waals surface area contributed by atoms with E-state index in [4.69, 9.17) is 0 Å². The molecule has 0 unspecified atom stereocenters. The van der Waals surface area contributed by atoms with E-state index < -0.39 is 5.97 Å². The first-order chi connectivity index (χ1) is 9.56. The number of carboxylic acids is 1. The van der Waals surface area contributed by atoms with Crippen molar-refractivity contribution in [3.05, 3.63) is 50.3 Å². The minimum Gasteiger partial charge on any atom is -0.478 e. The quantitative estimate of drug-likeness (QED) is 0.770. The largest absolute Gasteiger partial charge is 0.478 e. The molecule has 0 bridgehead atoms. The van der Waals surface area contributed by atoms with E-state index in [9.17, 15) is 14.7 Å². The highest BCUT2D eigenvalue weighted by Gasteiger charge is 2.16. The van der Waals surface area contributed by atoms with Crippen LogP contribution in [0.3, 0.4) is 0 Å². The van der Waals surface area contributed by atoms with E-state index in [-0.39, 0.29) is 11.3 Å². The van der Waals surface area contributed by atoms with Crippen LogP contribution >= 0.6 is 11.3 Å². The van der Waals surface area contributed by atoms with Crippen LogP contribution in [0.25, 0.3) is 11.0 Å². The maximum atomic E-state index is 12.0. The topological polar surface area (TPSA) is 88.0 Å². The lowest BCUT2D eigenvalue weighted by atomic mass is 10.2. The summed E-state index contributed by atoms with van der Waals surface area (Å²) in [6.45, 7) is 2.20. The van der Waals surface area contributed by atoms with Crippen molar-refractivity contribution in [3.8, 4) is 0 Å². The minimum absolute atomic E-state index is 0.113. The second-order valence-electron chi connectivity index (χ2n) is 4.37. The van der Waals surface area contributed by atoms with Crippen molar-refractivity contribution in [2.75, 3.05) is 0 Å². The van der Waals surface area contributed by atoms with Gasteiger partial charge in [0.1, 0.15) is 0 Å². The number of carboxylic acid groups (broad SMARTS) is 1. The van der Waals surface area contributed by atoms with Crippen molar-refractivity contribution in [1.82, 2.24) is 14.5 Å². The monoisotopic (exact) mass is 289 g/mol. The first-order valence-corrected chi connectivity index (χ1v) is 6.74. The predicted octanol–water partition coefficient (Wildman–Crippen LogP) is 1.84. The molecule has 102 valence electrons. The van der Waals surface area contributed by atoms with Gasteiger partial charge >= 0.3 is 11.7 Å². The number of para-hydroxylation sites is 1. The van der Waals surface area contributed by atoms with Crippen LogP contribution < -0.4 is 5.69 Å². The SMILES string of the molecule is Cc1ncc(Cn2c(=O)[nH]c3cccc(C(=O)O)c32)s1. The number of aryl methyl sites for hydroxylation is 1. The number of nitrogens with one attached hydrogen (secondary N) is 1. The van der Waals surface area contributed by atoms with Gasteiger partial charge in [-0.3, -0.25) is 4.57 Å². The molecule has 3 aromatic rings. The van der Waals surface area contributed by atoms with Gasteiger partial charge in [0.25, 0.3) is 0 Å². The Morgan fingerprint density at radius 3 is 2.95 bits per heavy atom. The number of H-pyrrole nitrogens is 1. The van der Waals surface area contributed by atoms with Crippen LogP contribution in [-0.2, 0) is 6.54 Å². The van der Waals surface area contributed by atoms with Crippen LogP contribution in [-0.4, -0.2) is 25.6 Å². The van der Waals surface area contributed by atoms with Crippen molar-refractivity contribution in [1.29, 1.82) is 0 Å². The number of aromatic nitrogens is 3. The molecule has 2 N–H and O–H groups in total. The molecule has 2 aromatic heterocycles. The van der Waals surface area contributed by atoms with Gasteiger partial charge in [0.15, 0.2) is 0 Å². The molecule has 1 aromatic carbocycles. The van der Waals surface area contributed by atoms with Gasteiger partial charge in [-0.25, -0.2) is 14.6 Å². The first kappa shape index (κ1) is 12.6. The Morgan fingerprint density at radius 1 is 1.50 bits per heavy atom. The smallest absolute Gasteiger partial charge is 0.337 e. The van der Waals surface area contributed by atoms with Gasteiger partial charge in [0.2, 0.25) is 0 Å². The lowest BCUT2D eigenvalue weighted by molar-refractivity contribution is 0.0698. The maximum absolute atomic E-state index is 12.0. The van der Waals surface area contributed by atoms with Crippen LogP contribution in [0.4, 0.5) is 0 Å². The fourth-order valence-electron chi connectivity index (χ4n) is 2.18.